The summed E-state index contributed by atoms with van der Waals surface area (Å²) in [5, 5.41) is 5.70. The van der Waals surface area contributed by atoms with Gasteiger partial charge in [-0.1, -0.05) is 12.1 Å². The molecule has 1 fully saturated rings. The van der Waals surface area contributed by atoms with Gasteiger partial charge in [0.25, 0.3) is 11.8 Å². The number of piperidine rings is 1. The number of furan rings is 1. The number of anilines is 1. The molecule has 2 heterocycles. The van der Waals surface area contributed by atoms with Crippen molar-refractivity contribution in [2.75, 3.05) is 32.2 Å². The molecule has 0 spiro atoms. The van der Waals surface area contributed by atoms with Crippen molar-refractivity contribution in [2.24, 2.45) is 0 Å². The van der Waals surface area contributed by atoms with Crippen LogP contribution in [0.5, 0.6) is 11.5 Å². The SMILES string of the molecule is COc1ccc(C(=O)N/C(=C\c2ccco2)C(=O)N[C@H](C)c2ccc(N3CCCCC3)cc2)cc1OC. The number of methoxy groups -OCH3 is 2. The minimum Gasteiger partial charge on any atom is -0.493 e. The first-order chi connectivity index (χ1) is 18.0. The van der Waals surface area contributed by atoms with Gasteiger partial charge in [-0.15, -0.1) is 0 Å². The fourth-order valence-corrected chi connectivity index (χ4v) is 4.33. The maximum atomic E-state index is 13.3. The van der Waals surface area contributed by atoms with E-state index in [1.165, 1.54) is 51.5 Å². The lowest BCUT2D eigenvalue weighted by Crippen LogP contribution is -2.36. The van der Waals surface area contributed by atoms with Crippen LogP contribution < -0.4 is 25.0 Å². The molecule has 194 valence electrons. The maximum absolute atomic E-state index is 13.3. The van der Waals surface area contributed by atoms with Crippen LogP contribution in [0.25, 0.3) is 6.08 Å². The molecule has 3 aromatic rings. The van der Waals surface area contributed by atoms with Crippen LogP contribution in [0.2, 0.25) is 0 Å². The van der Waals surface area contributed by atoms with E-state index < -0.39 is 11.8 Å². The van der Waals surface area contributed by atoms with Crippen LogP contribution in [-0.2, 0) is 4.79 Å². The Morgan fingerprint density at radius 2 is 1.70 bits per heavy atom. The Bertz CT molecular complexity index is 1230. The van der Waals surface area contributed by atoms with E-state index in [0.717, 1.165) is 18.7 Å². The van der Waals surface area contributed by atoms with Gasteiger partial charge in [-0.3, -0.25) is 9.59 Å². The van der Waals surface area contributed by atoms with E-state index in [4.69, 9.17) is 13.9 Å². The molecule has 0 bridgehead atoms. The number of nitrogens with one attached hydrogen (secondary N) is 2. The summed E-state index contributed by atoms with van der Waals surface area (Å²) < 4.78 is 15.9. The molecule has 0 saturated carbocycles. The Balaban J connectivity index is 1.48. The lowest BCUT2D eigenvalue weighted by atomic mass is 10.1. The summed E-state index contributed by atoms with van der Waals surface area (Å²) >= 11 is 0. The highest BCUT2D eigenvalue weighted by atomic mass is 16.5. The van der Waals surface area contributed by atoms with Crippen LogP contribution in [0.1, 0.15) is 53.9 Å². The highest BCUT2D eigenvalue weighted by molar-refractivity contribution is 6.05. The molecule has 2 N–H and O–H groups in total. The van der Waals surface area contributed by atoms with Gasteiger partial charge >= 0.3 is 0 Å². The van der Waals surface area contributed by atoms with Gasteiger partial charge < -0.3 is 29.4 Å². The maximum Gasteiger partial charge on any atom is 0.268 e. The monoisotopic (exact) mass is 503 g/mol. The van der Waals surface area contributed by atoms with Crippen molar-refractivity contribution >= 4 is 23.6 Å². The van der Waals surface area contributed by atoms with Crippen molar-refractivity contribution in [3.63, 3.8) is 0 Å². The molecular formula is C29H33N3O5. The topological polar surface area (TPSA) is 93.0 Å². The molecule has 0 unspecified atom stereocenters. The van der Waals surface area contributed by atoms with Crippen LogP contribution in [-0.4, -0.2) is 39.1 Å². The third kappa shape index (κ3) is 6.52. The molecule has 4 rings (SSSR count). The number of benzene rings is 2. The van der Waals surface area contributed by atoms with Crippen molar-refractivity contribution < 1.29 is 23.5 Å². The molecule has 8 heteroatoms. The van der Waals surface area contributed by atoms with E-state index in [1.54, 1.807) is 30.3 Å². The molecular weight excluding hydrogens is 470 g/mol. The zero-order valence-electron chi connectivity index (χ0n) is 21.5. The third-order valence-corrected chi connectivity index (χ3v) is 6.43. The van der Waals surface area contributed by atoms with Gasteiger partial charge in [-0.25, -0.2) is 0 Å². The number of amides is 2. The highest BCUT2D eigenvalue weighted by Crippen LogP contribution is 2.28. The van der Waals surface area contributed by atoms with E-state index in [2.05, 4.69) is 27.7 Å². The number of ether oxygens (including phenoxy) is 2. The Hall–Kier alpha value is -4.20. The summed E-state index contributed by atoms with van der Waals surface area (Å²) in [6, 6.07) is 16.2. The second-order valence-electron chi connectivity index (χ2n) is 8.93. The number of carbonyl (C=O) groups is 2. The summed E-state index contributed by atoms with van der Waals surface area (Å²) in [6.45, 7) is 4.06. The molecule has 1 aliphatic rings. The molecule has 2 aromatic carbocycles. The normalized spacial score (nSPS) is 14.6. The van der Waals surface area contributed by atoms with Crippen LogP contribution in [0.15, 0.2) is 71.0 Å². The highest BCUT2D eigenvalue weighted by Gasteiger charge is 2.19. The lowest BCUT2D eigenvalue weighted by Gasteiger charge is -2.29. The zero-order valence-corrected chi connectivity index (χ0v) is 21.5. The molecule has 37 heavy (non-hydrogen) atoms. The van der Waals surface area contributed by atoms with Gasteiger partial charge in [0.1, 0.15) is 11.5 Å². The van der Waals surface area contributed by atoms with Gasteiger partial charge in [-0.2, -0.15) is 0 Å². The molecule has 8 nitrogen and oxygen atoms in total. The van der Waals surface area contributed by atoms with Gasteiger partial charge in [0.2, 0.25) is 0 Å². The molecule has 1 saturated heterocycles. The summed E-state index contributed by atoms with van der Waals surface area (Å²) in [5.41, 5.74) is 2.55. The van der Waals surface area contributed by atoms with Gasteiger partial charge in [0.15, 0.2) is 11.5 Å². The van der Waals surface area contributed by atoms with E-state index in [0.29, 0.717) is 22.8 Å². The summed E-state index contributed by atoms with van der Waals surface area (Å²) in [4.78, 5) is 28.7. The largest absolute Gasteiger partial charge is 0.493 e. The predicted molar refractivity (Wildman–Crippen MR) is 143 cm³/mol. The van der Waals surface area contributed by atoms with Crippen molar-refractivity contribution in [1.82, 2.24) is 10.6 Å². The second kappa shape index (κ2) is 12.2. The number of carbonyl (C=O) groups excluding carboxylic acids is 2. The first-order valence-electron chi connectivity index (χ1n) is 12.4. The Morgan fingerprint density at radius 1 is 0.973 bits per heavy atom. The minimum atomic E-state index is -0.465. The van der Waals surface area contributed by atoms with Crippen LogP contribution >= 0.6 is 0 Å². The summed E-state index contributed by atoms with van der Waals surface area (Å²) in [6.07, 6.45) is 6.72. The molecule has 0 radical (unpaired) electrons. The first kappa shape index (κ1) is 25.9. The first-order valence-corrected chi connectivity index (χ1v) is 12.4. The Kier molecular flexibility index (Phi) is 8.51. The molecule has 1 aromatic heterocycles. The number of hydrogen-bond donors (Lipinski definition) is 2. The molecule has 1 aliphatic heterocycles. The van der Waals surface area contributed by atoms with Crippen LogP contribution in [0.3, 0.4) is 0 Å². The standard InChI is InChI=1S/C29H33N3O5/c1-20(21-9-12-23(13-10-21)32-15-5-4-6-16-32)30-29(34)25(19-24-8-7-17-37-24)31-28(33)22-11-14-26(35-2)27(18-22)36-3/h7-14,17-20H,4-6,15-16H2,1-3H3,(H,30,34)(H,31,33)/b25-19-/t20-/m1/s1. The fourth-order valence-electron chi connectivity index (χ4n) is 4.33. The predicted octanol–water partition coefficient (Wildman–Crippen LogP) is 4.94. The molecule has 0 aliphatic carbocycles. The number of nitrogens with zero attached hydrogens (tertiary/aromatic N) is 1. The van der Waals surface area contributed by atoms with E-state index in [9.17, 15) is 9.59 Å². The number of hydrogen-bond acceptors (Lipinski definition) is 6. The summed E-state index contributed by atoms with van der Waals surface area (Å²) in [7, 11) is 3.02. The Labute approximate surface area is 217 Å². The minimum absolute atomic E-state index is 0.0616. The third-order valence-electron chi connectivity index (χ3n) is 6.43. The average Bonchev–Trinajstić information content (AvgIpc) is 3.46. The van der Waals surface area contributed by atoms with Gasteiger partial charge in [0.05, 0.1) is 26.5 Å². The molecule has 1 atom stereocenters. The Morgan fingerprint density at radius 3 is 2.35 bits per heavy atom. The van der Waals surface area contributed by atoms with Crippen molar-refractivity contribution in [2.45, 2.75) is 32.2 Å². The fraction of sp³-hybridized carbons (Fsp3) is 0.310. The van der Waals surface area contributed by atoms with Crippen LogP contribution in [0.4, 0.5) is 5.69 Å². The van der Waals surface area contributed by atoms with Crippen molar-refractivity contribution in [1.29, 1.82) is 0 Å². The van der Waals surface area contributed by atoms with E-state index >= 15 is 0 Å². The number of rotatable bonds is 9. The van der Waals surface area contributed by atoms with Gasteiger partial charge in [-0.05, 0) is 74.2 Å². The van der Waals surface area contributed by atoms with Crippen molar-refractivity contribution in [3.05, 3.63) is 83.4 Å². The van der Waals surface area contributed by atoms with Gasteiger partial charge in [0, 0.05) is 30.4 Å². The van der Waals surface area contributed by atoms with Crippen molar-refractivity contribution in [3.8, 4) is 11.5 Å². The second-order valence-corrected chi connectivity index (χ2v) is 8.93. The summed E-state index contributed by atoms with van der Waals surface area (Å²) in [5.74, 6) is 0.461. The quantitative estimate of drug-likeness (QED) is 0.402. The smallest absolute Gasteiger partial charge is 0.268 e. The average molecular weight is 504 g/mol. The molecule has 2 amide bonds. The lowest BCUT2D eigenvalue weighted by molar-refractivity contribution is -0.118. The van der Waals surface area contributed by atoms with E-state index in [1.807, 2.05) is 19.1 Å². The zero-order chi connectivity index (χ0) is 26.2. The van der Waals surface area contributed by atoms with Crippen LogP contribution in [0, 0.1) is 0 Å². The van der Waals surface area contributed by atoms with E-state index in [-0.39, 0.29) is 11.7 Å².